The van der Waals surface area contributed by atoms with E-state index in [1.807, 2.05) is 29.1 Å². The number of piperidine rings is 1. The van der Waals surface area contributed by atoms with Crippen LogP contribution < -0.4 is 15.4 Å². The van der Waals surface area contributed by atoms with E-state index < -0.39 is 0 Å². The summed E-state index contributed by atoms with van der Waals surface area (Å²) in [5, 5.41) is 10.7. The fraction of sp³-hybridized carbons (Fsp3) is 0.450. The Bertz CT molecular complexity index is 812. The van der Waals surface area contributed by atoms with Crippen LogP contribution in [0.2, 0.25) is 0 Å². The van der Waals surface area contributed by atoms with Gasteiger partial charge in [-0.15, -0.1) is 0 Å². The van der Waals surface area contributed by atoms with Crippen LogP contribution in [0, 0.1) is 0 Å². The van der Waals surface area contributed by atoms with Gasteiger partial charge in [0.25, 0.3) is 11.8 Å². The van der Waals surface area contributed by atoms with Crippen LogP contribution in [0.3, 0.4) is 0 Å². The average Bonchev–Trinajstić information content (AvgIpc) is 3.21. The monoisotopic (exact) mass is 385 g/mol. The lowest BCUT2D eigenvalue weighted by Gasteiger charge is -2.22. The van der Waals surface area contributed by atoms with Crippen molar-refractivity contribution in [3.63, 3.8) is 0 Å². The highest BCUT2D eigenvalue weighted by atomic mass is 16.5. The first-order valence-electron chi connectivity index (χ1n) is 9.49. The molecule has 8 nitrogen and oxygen atoms in total. The van der Waals surface area contributed by atoms with Crippen molar-refractivity contribution < 1.29 is 14.3 Å². The Morgan fingerprint density at radius 2 is 2.21 bits per heavy atom. The number of carbonyl (C=O) groups excluding carboxylic acids is 2. The van der Waals surface area contributed by atoms with Crippen molar-refractivity contribution in [2.24, 2.45) is 0 Å². The van der Waals surface area contributed by atoms with Gasteiger partial charge in [0, 0.05) is 33.4 Å². The number of hydrogen-bond donors (Lipinski definition) is 2. The summed E-state index contributed by atoms with van der Waals surface area (Å²) in [4.78, 5) is 25.5. The minimum atomic E-state index is -0.211. The van der Waals surface area contributed by atoms with Gasteiger partial charge in [-0.1, -0.05) is 12.1 Å². The number of carbonyl (C=O) groups is 2. The third-order valence-corrected chi connectivity index (χ3v) is 4.70. The Morgan fingerprint density at radius 3 is 2.96 bits per heavy atom. The number of rotatable bonds is 7. The van der Waals surface area contributed by atoms with Crippen molar-refractivity contribution in [1.29, 1.82) is 0 Å². The van der Waals surface area contributed by atoms with E-state index in [1.54, 1.807) is 26.2 Å². The van der Waals surface area contributed by atoms with Crippen LogP contribution in [-0.2, 0) is 11.3 Å². The van der Waals surface area contributed by atoms with Gasteiger partial charge < -0.3 is 20.3 Å². The summed E-state index contributed by atoms with van der Waals surface area (Å²) < 4.78 is 7.38. The predicted octanol–water partition coefficient (Wildman–Crippen LogP) is 1.20. The molecule has 0 spiro atoms. The molecule has 0 radical (unpaired) electrons. The summed E-state index contributed by atoms with van der Waals surface area (Å²) in [6, 6.07) is 9.38. The Labute approximate surface area is 164 Å². The van der Waals surface area contributed by atoms with Crippen molar-refractivity contribution in [3.05, 3.63) is 47.8 Å². The Balaban J connectivity index is 1.52. The van der Waals surface area contributed by atoms with Crippen LogP contribution in [0.15, 0.2) is 36.5 Å². The van der Waals surface area contributed by atoms with Crippen LogP contribution in [0.4, 0.5) is 0 Å². The summed E-state index contributed by atoms with van der Waals surface area (Å²) in [5.74, 6) is 0.273. The summed E-state index contributed by atoms with van der Waals surface area (Å²) in [5.41, 5.74) is 1.30. The molecule has 1 aromatic heterocycles. The number of nitrogens with one attached hydrogen (secondary N) is 2. The molecule has 2 amide bonds. The number of nitrogens with zero attached hydrogens (tertiary/aromatic N) is 3. The Morgan fingerprint density at radius 1 is 1.36 bits per heavy atom. The Hall–Kier alpha value is -2.87. The maximum atomic E-state index is 12.4. The maximum Gasteiger partial charge on any atom is 0.272 e. The fourth-order valence-electron chi connectivity index (χ4n) is 3.01. The van der Waals surface area contributed by atoms with Crippen molar-refractivity contribution in [3.8, 4) is 5.75 Å². The zero-order valence-corrected chi connectivity index (χ0v) is 16.4. The highest BCUT2D eigenvalue weighted by molar-refractivity contribution is 5.92. The minimum absolute atomic E-state index is 0.0176. The molecule has 1 saturated heterocycles. The number of ether oxygens (including phenoxy) is 1. The summed E-state index contributed by atoms with van der Waals surface area (Å²) >= 11 is 0. The van der Waals surface area contributed by atoms with E-state index in [2.05, 4.69) is 15.7 Å². The molecule has 1 aliphatic rings. The first kappa shape index (κ1) is 19.9. The molecule has 1 atom stereocenters. The second-order valence-corrected chi connectivity index (χ2v) is 7.09. The van der Waals surface area contributed by atoms with Crippen molar-refractivity contribution in [1.82, 2.24) is 25.3 Å². The highest BCUT2D eigenvalue weighted by Crippen LogP contribution is 2.16. The SMILES string of the molecule is CN(C)C(=O)COc1cccc(CNC(=O)c2ccn(C3CCCNC3)n2)c1. The fourth-order valence-corrected chi connectivity index (χ4v) is 3.01. The summed E-state index contributed by atoms with van der Waals surface area (Å²) in [7, 11) is 3.37. The van der Waals surface area contributed by atoms with E-state index in [1.165, 1.54) is 4.90 Å². The molecule has 0 aliphatic carbocycles. The quantitative estimate of drug-likeness (QED) is 0.748. The molecule has 1 unspecified atom stereocenters. The van der Waals surface area contributed by atoms with Crippen LogP contribution >= 0.6 is 0 Å². The largest absolute Gasteiger partial charge is 0.484 e. The third kappa shape index (κ3) is 5.32. The molecular weight excluding hydrogens is 358 g/mol. The smallest absolute Gasteiger partial charge is 0.272 e. The molecular formula is C20H27N5O3. The standard InChI is InChI=1S/C20H27N5O3/c1-24(2)19(26)14-28-17-7-3-5-15(11-17)12-22-20(27)18-8-10-25(23-18)16-6-4-9-21-13-16/h3,5,7-8,10-11,16,21H,4,6,9,12-14H2,1-2H3,(H,22,27). The lowest BCUT2D eigenvalue weighted by molar-refractivity contribution is -0.130. The molecule has 28 heavy (non-hydrogen) atoms. The molecule has 2 aromatic rings. The van der Waals surface area contributed by atoms with Gasteiger partial charge in [-0.05, 0) is 43.1 Å². The van der Waals surface area contributed by atoms with Crippen LogP contribution in [0.1, 0.15) is 34.9 Å². The number of hydrogen-bond acceptors (Lipinski definition) is 5. The van der Waals surface area contributed by atoms with Crippen molar-refractivity contribution >= 4 is 11.8 Å². The molecule has 8 heteroatoms. The van der Waals surface area contributed by atoms with Gasteiger partial charge in [0.15, 0.2) is 6.61 Å². The molecule has 2 heterocycles. The molecule has 0 bridgehead atoms. The van der Waals surface area contributed by atoms with Crippen LogP contribution in [-0.4, -0.2) is 60.3 Å². The summed E-state index contributed by atoms with van der Waals surface area (Å²) in [6.45, 7) is 2.26. The van der Waals surface area contributed by atoms with Crippen molar-refractivity contribution in [2.45, 2.75) is 25.4 Å². The first-order valence-corrected chi connectivity index (χ1v) is 9.49. The molecule has 1 aromatic carbocycles. The molecule has 150 valence electrons. The molecule has 1 fully saturated rings. The second-order valence-electron chi connectivity index (χ2n) is 7.09. The van der Waals surface area contributed by atoms with Gasteiger partial charge in [0.05, 0.1) is 6.04 Å². The number of likely N-dealkylation sites (N-methyl/N-ethyl adjacent to an activating group) is 1. The number of aromatic nitrogens is 2. The topological polar surface area (TPSA) is 88.5 Å². The normalized spacial score (nSPS) is 16.4. The zero-order chi connectivity index (χ0) is 19.9. The molecule has 3 rings (SSSR count). The van der Waals surface area contributed by atoms with Crippen LogP contribution in [0.5, 0.6) is 5.75 Å². The van der Waals surface area contributed by atoms with Gasteiger partial charge >= 0.3 is 0 Å². The first-order chi connectivity index (χ1) is 13.5. The lowest BCUT2D eigenvalue weighted by atomic mass is 10.1. The summed E-state index contributed by atoms with van der Waals surface area (Å²) in [6.07, 6.45) is 4.05. The van der Waals surface area contributed by atoms with Gasteiger partial charge in [0.2, 0.25) is 0 Å². The molecule has 0 saturated carbocycles. The van der Waals surface area contributed by atoms with E-state index in [-0.39, 0.29) is 18.4 Å². The number of benzene rings is 1. The van der Waals surface area contributed by atoms with Gasteiger partial charge in [-0.2, -0.15) is 5.10 Å². The highest BCUT2D eigenvalue weighted by Gasteiger charge is 2.17. The molecule has 2 N–H and O–H groups in total. The van der Waals surface area contributed by atoms with Gasteiger partial charge in [-0.3, -0.25) is 14.3 Å². The van der Waals surface area contributed by atoms with Crippen LogP contribution in [0.25, 0.3) is 0 Å². The van der Waals surface area contributed by atoms with E-state index in [9.17, 15) is 9.59 Å². The third-order valence-electron chi connectivity index (χ3n) is 4.70. The van der Waals surface area contributed by atoms with Crippen molar-refractivity contribution in [2.75, 3.05) is 33.8 Å². The minimum Gasteiger partial charge on any atom is -0.484 e. The average molecular weight is 385 g/mol. The molecule has 1 aliphatic heterocycles. The number of amides is 2. The van der Waals surface area contributed by atoms with Gasteiger partial charge in [0.1, 0.15) is 11.4 Å². The van der Waals surface area contributed by atoms with E-state index in [4.69, 9.17) is 4.74 Å². The lowest BCUT2D eigenvalue weighted by Crippen LogP contribution is -2.32. The van der Waals surface area contributed by atoms with Gasteiger partial charge in [-0.25, -0.2) is 0 Å². The Kier molecular flexibility index (Phi) is 6.65. The maximum absolute atomic E-state index is 12.4. The zero-order valence-electron chi connectivity index (χ0n) is 16.4. The predicted molar refractivity (Wildman–Crippen MR) is 105 cm³/mol. The van der Waals surface area contributed by atoms with E-state index in [0.717, 1.165) is 31.5 Å². The van der Waals surface area contributed by atoms with E-state index in [0.29, 0.717) is 24.0 Å². The van der Waals surface area contributed by atoms with E-state index >= 15 is 0 Å². The second kappa shape index (κ2) is 9.36.